The SMILES string of the molecule is CC(C)=CC(=O)OC1C2C(CC(C)C3C(O)CC(=O)[C@@]13C)OC(=O)C2C. The third-order valence-corrected chi connectivity index (χ3v) is 6.56. The summed E-state index contributed by atoms with van der Waals surface area (Å²) in [4.78, 5) is 37.6. The minimum atomic E-state index is -1.02. The lowest BCUT2D eigenvalue weighted by molar-refractivity contribution is -0.164. The fourth-order valence-corrected chi connectivity index (χ4v) is 5.43. The van der Waals surface area contributed by atoms with Gasteiger partial charge in [-0.2, -0.15) is 0 Å². The minimum absolute atomic E-state index is 0.0285. The molecule has 0 aromatic carbocycles. The monoisotopic (exact) mass is 364 g/mol. The van der Waals surface area contributed by atoms with Crippen molar-refractivity contribution in [2.24, 2.45) is 29.1 Å². The molecule has 6 heteroatoms. The molecule has 26 heavy (non-hydrogen) atoms. The first kappa shape index (κ1) is 19.1. The van der Waals surface area contributed by atoms with Crippen LogP contribution in [0.25, 0.3) is 0 Å². The number of hydrogen-bond acceptors (Lipinski definition) is 6. The zero-order valence-electron chi connectivity index (χ0n) is 16.0. The van der Waals surface area contributed by atoms with Crippen molar-refractivity contribution >= 4 is 17.7 Å². The van der Waals surface area contributed by atoms with Crippen molar-refractivity contribution in [3.8, 4) is 0 Å². The van der Waals surface area contributed by atoms with Crippen LogP contribution in [0.2, 0.25) is 0 Å². The van der Waals surface area contributed by atoms with Crippen molar-refractivity contribution in [1.29, 1.82) is 0 Å². The van der Waals surface area contributed by atoms with E-state index in [-0.39, 0.29) is 35.9 Å². The van der Waals surface area contributed by atoms with E-state index in [9.17, 15) is 19.5 Å². The molecule has 3 rings (SSSR count). The van der Waals surface area contributed by atoms with Crippen LogP contribution < -0.4 is 0 Å². The zero-order valence-corrected chi connectivity index (χ0v) is 16.0. The number of ether oxygens (including phenoxy) is 2. The van der Waals surface area contributed by atoms with Gasteiger partial charge in [-0.25, -0.2) is 4.79 Å². The van der Waals surface area contributed by atoms with Gasteiger partial charge in [-0.3, -0.25) is 9.59 Å². The summed E-state index contributed by atoms with van der Waals surface area (Å²) in [6.45, 7) is 9.10. The first-order valence-corrected chi connectivity index (χ1v) is 9.34. The van der Waals surface area contributed by atoms with Crippen LogP contribution in [0.15, 0.2) is 11.6 Å². The molecule has 3 fully saturated rings. The summed E-state index contributed by atoms with van der Waals surface area (Å²) in [5.74, 6) is -2.15. The maximum Gasteiger partial charge on any atom is 0.330 e. The van der Waals surface area contributed by atoms with Crippen molar-refractivity contribution < 1.29 is 29.0 Å². The van der Waals surface area contributed by atoms with Crippen LogP contribution in [-0.4, -0.2) is 41.1 Å². The van der Waals surface area contributed by atoms with Gasteiger partial charge in [0.25, 0.3) is 0 Å². The summed E-state index contributed by atoms with van der Waals surface area (Å²) >= 11 is 0. The molecule has 0 aromatic rings. The number of aliphatic hydroxyl groups excluding tert-OH is 1. The Morgan fingerprint density at radius 2 is 1.96 bits per heavy atom. The quantitative estimate of drug-likeness (QED) is 0.596. The fraction of sp³-hybridized carbons (Fsp3) is 0.750. The van der Waals surface area contributed by atoms with Crippen molar-refractivity contribution in [2.45, 2.75) is 65.8 Å². The number of esters is 2. The summed E-state index contributed by atoms with van der Waals surface area (Å²) in [5, 5.41) is 10.6. The van der Waals surface area contributed by atoms with Gasteiger partial charge in [0.05, 0.1) is 17.4 Å². The van der Waals surface area contributed by atoms with Crippen LogP contribution >= 0.6 is 0 Å². The Kier molecular flexibility index (Phi) is 4.76. The molecule has 2 aliphatic carbocycles. The lowest BCUT2D eigenvalue weighted by Gasteiger charge is -2.40. The third-order valence-electron chi connectivity index (χ3n) is 6.56. The molecular formula is C20H28O6. The van der Waals surface area contributed by atoms with Crippen LogP contribution in [0.1, 0.15) is 47.5 Å². The van der Waals surface area contributed by atoms with E-state index in [0.29, 0.717) is 6.42 Å². The topological polar surface area (TPSA) is 89.9 Å². The predicted octanol–water partition coefficient (Wildman–Crippen LogP) is 2.04. The molecule has 144 valence electrons. The second kappa shape index (κ2) is 6.48. The molecule has 6 nitrogen and oxygen atoms in total. The van der Waals surface area contributed by atoms with E-state index in [1.807, 2.05) is 6.92 Å². The van der Waals surface area contributed by atoms with E-state index < -0.39 is 35.6 Å². The standard InChI is InChI=1S/C20H28O6/c1-9(2)6-15(23)26-18-16-11(4)19(24)25-13(16)7-10(3)17-12(21)8-14(22)20(17,18)5/h6,10-13,16-18,21H,7-8H2,1-5H3/t10?,11?,12?,13?,16?,17?,18?,20-/m1/s1. The Bertz CT molecular complexity index is 663. The number of aliphatic hydroxyl groups is 1. The van der Waals surface area contributed by atoms with Gasteiger partial charge in [-0.1, -0.05) is 19.4 Å². The zero-order chi connectivity index (χ0) is 19.4. The lowest BCUT2D eigenvalue weighted by atomic mass is 9.66. The molecule has 0 radical (unpaired) electrons. The number of fused-ring (bicyclic) bond motifs is 2. The van der Waals surface area contributed by atoms with Gasteiger partial charge in [0.15, 0.2) is 0 Å². The second-order valence-corrected chi connectivity index (χ2v) is 8.64. The van der Waals surface area contributed by atoms with Crippen molar-refractivity contribution in [2.75, 3.05) is 0 Å². The van der Waals surface area contributed by atoms with Gasteiger partial charge >= 0.3 is 11.9 Å². The third kappa shape index (κ3) is 2.79. The number of Topliss-reactive ketones (excluding diaryl/α,β-unsaturated/α-hetero) is 1. The molecule has 8 atom stereocenters. The highest BCUT2D eigenvalue weighted by Crippen LogP contribution is 2.56. The Morgan fingerprint density at radius 1 is 1.31 bits per heavy atom. The van der Waals surface area contributed by atoms with E-state index in [2.05, 4.69) is 0 Å². The smallest absolute Gasteiger partial charge is 0.330 e. The van der Waals surface area contributed by atoms with Crippen molar-refractivity contribution in [3.63, 3.8) is 0 Å². The average molecular weight is 364 g/mol. The Balaban J connectivity index is 2.08. The first-order chi connectivity index (χ1) is 12.1. The van der Waals surface area contributed by atoms with Crippen LogP contribution in [0, 0.1) is 29.1 Å². The molecule has 2 saturated carbocycles. The molecule has 0 aromatic heterocycles. The molecule has 7 unspecified atom stereocenters. The number of rotatable bonds is 2. The second-order valence-electron chi connectivity index (χ2n) is 8.64. The van der Waals surface area contributed by atoms with Gasteiger partial charge in [0, 0.05) is 24.3 Å². The first-order valence-electron chi connectivity index (χ1n) is 9.34. The fourth-order valence-electron chi connectivity index (χ4n) is 5.43. The van der Waals surface area contributed by atoms with E-state index in [1.54, 1.807) is 27.7 Å². The number of hydrogen-bond donors (Lipinski definition) is 1. The Hall–Kier alpha value is -1.69. The molecule has 0 spiro atoms. The Labute approximate surface area is 153 Å². The molecular weight excluding hydrogens is 336 g/mol. The molecule has 1 aliphatic heterocycles. The summed E-state index contributed by atoms with van der Waals surface area (Å²) in [7, 11) is 0. The van der Waals surface area contributed by atoms with Crippen LogP contribution in [0.4, 0.5) is 0 Å². The molecule has 3 aliphatic rings. The van der Waals surface area contributed by atoms with Crippen LogP contribution in [0.3, 0.4) is 0 Å². The van der Waals surface area contributed by atoms with Gasteiger partial charge in [-0.05, 0) is 33.1 Å². The normalized spacial score (nSPS) is 44.6. The van der Waals surface area contributed by atoms with Gasteiger partial charge in [-0.15, -0.1) is 0 Å². The summed E-state index contributed by atoms with van der Waals surface area (Å²) in [5.41, 5.74) is -0.231. The molecule has 1 saturated heterocycles. The van der Waals surface area contributed by atoms with E-state index in [1.165, 1.54) is 6.08 Å². The van der Waals surface area contributed by atoms with E-state index in [4.69, 9.17) is 9.47 Å². The molecule has 0 bridgehead atoms. The molecule has 1 N–H and O–H groups in total. The number of carbonyl (C=O) groups is 3. The van der Waals surface area contributed by atoms with Crippen molar-refractivity contribution in [3.05, 3.63) is 11.6 Å². The van der Waals surface area contributed by atoms with Crippen LogP contribution in [-0.2, 0) is 23.9 Å². The van der Waals surface area contributed by atoms with Gasteiger partial charge in [0.1, 0.15) is 18.0 Å². The highest BCUT2D eigenvalue weighted by atomic mass is 16.6. The molecule has 1 heterocycles. The van der Waals surface area contributed by atoms with Gasteiger partial charge in [0.2, 0.25) is 0 Å². The number of carbonyl (C=O) groups excluding carboxylic acids is 3. The van der Waals surface area contributed by atoms with Crippen LogP contribution in [0.5, 0.6) is 0 Å². The summed E-state index contributed by atoms with van der Waals surface area (Å²) in [6, 6.07) is 0. The highest BCUT2D eigenvalue weighted by molar-refractivity contribution is 5.90. The Morgan fingerprint density at radius 3 is 2.58 bits per heavy atom. The predicted molar refractivity (Wildman–Crippen MR) is 92.9 cm³/mol. The number of ketones is 1. The van der Waals surface area contributed by atoms with E-state index >= 15 is 0 Å². The number of allylic oxidation sites excluding steroid dienone is 1. The van der Waals surface area contributed by atoms with Gasteiger partial charge < -0.3 is 14.6 Å². The average Bonchev–Trinajstić information content (AvgIpc) is 2.87. The summed E-state index contributed by atoms with van der Waals surface area (Å²) in [6.07, 6.45) is 0.0399. The maximum atomic E-state index is 12.9. The van der Waals surface area contributed by atoms with Crippen molar-refractivity contribution in [1.82, 2.24) is 0 Å². The minimum Gasteiger partial charge on any atom is -0.462 e. The lowest BCUT2D eigenvalue weighted by Crippen LogP contribution is -2.50. The van der Waals surface area contributed by atoms with E-state index in [0.717, 1.165) is 5.57 Å². The largest absolute Gasteiger partial charge is 0.462 e. The maximum absolute atomic E-state index is 12.9. The summed E-state index contributed by atoms with van der Waals surface area (Å²) < 4.78 is 11.4. The highest BCUT2D eigenvalue weighted by Gasteiger charge is 2.66. The molecule has 0 amide bonds.